The average Bonchev–Trinajstić information content (AvgIpc) is 2.55. The van der Waals surface area contributed by atoms with Gasteiger partial charge in [0.1, 0.15) is 0 Å². The molecule has 0 fully saturated rings. The van der Waals surface area contributed by atoms with Crippen molar-refractivity contribution < 1.29 is 9.96 Å². The van der Waals surface area contributed by atoms with Gasteiger partial charge in [0.25, 0.3) is 0 Å². The van der Waals surface area contributed by atoms with Crippen LogP contribution in [0.4, 0.5) is 0 Å². The van der Waals surface area contributed by atoms with Crippen LogP contribution >= 0.6 is 0 Å². The molecular weight excluding hydrogens is 306 g/mol. The molecule has 2 heteroatoms. The zero-order valence-corrected chi connectivity index (χ0v) is 18.3. The maximum Gasteiger partial charge on any atom is 0.0782 e. The van der Waals surface area contributed by atoms with Crippen molar-refractivity contribution in [3.8, 4) is 0 Å². The zero-order chi connectivity index (χ0) is 17.9. The van der Waals surface area contributed by atoms with Crippen molar-refractivity contribution >= 4 is 0 Å². The summed E-state index contributed by atoms with van der Waals surface area (Å²) < 4.78 is 1.24. The predicted octanol–water partition coefficient (Wildman–Crippen LogP) is 7.56. The van der Waals surface area contributed by atoms with Crippen molar-refractivity contribution in [3.05, 3.63) is 0 Å². The van der Waals surface area contributed by atoms with Crippen molar-refractivity contribution in [1.29, 1.82) is 0 Å². The van der Waals surface area contributed by atoms with Gasteiger partial charge in [-0.2, -0.15) is 0 Å². The normalized spacial score (nSPS) is 11.5. The van der Waals surface area contributed by atoms with Crippen molar-refractivity contribution in [1.82, 2.24) is 0 Å². The molecule has 0 spiro atoms. The number of unbranched alkanes of at least 4 members (excludes halogenated alkanes) is 15. The summed E-state index contributed by atoms with van der Waals surface area (Å²) >= 11 is 0. The van der Waals surface area contributed by atoms with Gasteiger partial charge in [0.15, 0.2) is 0 Å². The molecule has 0 atom stereocenters. The van der Waals surface area contributed by atoms with Gasteiger partial charge in [0.2, 0.25) is 0 Å². The van der Waals surface area contributed by atoms with Gasteiger partial charge in [-0.3, -0.25) is 0 Å². The van der Waals surface area contributed by atoms with E-state index in [-0.39, 0.29) is 5.48 Å². The van der Waals surface area contributed by atoms with E-state index >= 15 is 0 Å². The molecule has 0 rings (SSSR count). The standard InChI is InChI=1S/C23H50N.H2O/c1-5-7-9-11-12-13-14-15-16-17-19-21-23-24(3,4)22-20-18-10-8-6-2;/h5-23H2,1-4H3;1H2/q+1;/p-1. The number of hydrogen-bond donors (Lipinski definition) is 0. The highest BCUT2D eigenvalue weighted by atomic mass is 16.0. The van der Waals surface area contributed by atoms with Crippen LogP contribution in [0.5, 0.6) is 0 Å². The molecule has 0 aromatic rings. The third-order valence-electron chi connectivity index (χ3n) is 5.48. The minimum atomic E-state index is 0. The van der Waals surface area contributed by atoms with E-state index in [4.69, 9.17) is 0 Å². The van der Waals surface area contributed by atoms with Crippen LogP contribution in [0.1, 0.15) is 123 Å². The molecule has 2 nitrogen and oxygen atoms in total. The molecule has 0 bridgehead atoms. The molecule has 0 heterocycles. The lowest BCUT2D eigenvalue weighted by Crippen LogP contribution is -2.41. The molecule has 0 radical (unpaired) electrons. The van der Waals surface area contributed by atoms with Gasteiger partial charge < -0.3 is 9.96 Å². The van der Waals surface area contributed by atoms with E-state index in [0.29, 0.717) is 0 Å². The Balaban J connectivity index is 0. The van der Waals surface area contributed by atoms with Crippen LogP contribution < -0.4 is 0 Å². The number of nitrogens with zero attached hydrogens (tertiary/aromatic N) is 1. The second kappa shape index (κ2) is 20.2. The minimum absolute atomic E-state index is 0. The summed E-state index contributed by atoms with van der Waals surface area (Å²) in [6.07, 6.45) is 24.5. The van der Waals surface area contributed by atoms with Crippen LogP contribution in [-0.2, 0) is 0 Å². The first-order valence-corrected chi connectivity index (χ1v) is 11.4. The highest BCUT2D eigenvalue weighted by Crippen LogP contribution is 2.13. The van der Waals surface area contributed by atoms with E-state index in [9.17, 15) is 0 Å². The molecule has 0 aromatic carbocycles. The Labute approximate surface area is 160 Å². The first kappa shape index (κ1) is 27.1. The summed E-state index contributed by atoms with van der Waals surface area (Å²) in [6.45, 7) is 7.36. The number of quaternary nitrogens is 1. The van der Waals surface area contributed by atoms with E-state index in [2.05, 4.69) is 27.9 Å². The molecule has 0 unspecified atom stereocenters. The van der Waals surface area contributed by atoms with E-state index in [1.807, 2.05) is 0 Å². The van der Waals surface area contributed by atoms with Gasteiger partial charge in [-0.15, -0.1) is 0 Å². The lowest BCUT2D eigenvalue weighted by Gasteiger charge is -2.30. The van der Waals surface area contributed by atoms with Gasteiger partial charge >= 0.3 is 0 Å². The van der Waals surface area contributed by atoms with Crippen LogP contribution in [0.3, 0.4) is 0 Å². The number of rotatable bonds is 19. The monoisotopic (exact) mass is 357 g/mol. The highest BCUT2D eigenvalue weighted by molar-refractivity contribution is 4.49. The zero-order valence-electron chi connectivity index (χ0n) is 18.3. The molecule has 25 heavy (non-hydrogen) atoms. The SMILES string of the molecule is CCCCCCCCCCCCCC[N+](C)(C)CCCCCCC.[OH-]. The summed E-state index contributed by atoms with van der Waals surface area (Å²) in [5, 5.41) is 0. The van der Waals surface area contributed by atoms with Crippen molar-refractivity contribution in [2.24, 2.45) is 0 Å². The fourth-order valence-electron chi connectivity index (χ4n) is 3.64. The van der Waals surface area contributed by atoms with Gasteiger partial charge in [-0.05, 0) is 25.7 Å². The van der Waals surface area contributed by atoms with E-state index < -0.39 is 0 Å². The Bertz CT molecular complexity index is 240. The van der Waals surface area contributed by atoms with Crippen molar-refractivity contribution in [2.75, 3.05) is 27.2 Å². The molecule has 0 saturated carbocycles. The van der Waals surface area contributed by atoms with Crippen LogP contribution in [-0.4, -0.2) is 37.1 Å². The molecule has 0 aliphatic heterocycles. The fourth-order valence-corrected chi connectivity index (χ4v) is 3.64. The van der Waals surface area contributed by atoms with Gasteiger partial charge in [0, 0.05) is 0 Å². The Morgan fingerprint density at radius 1 is 0.400 bits per heavy atom. The van der Waals surface area contributed by atoms with Crippen LogP contribution in [0.15, 0.2) is 0 Å². The largest absolute Gasteiger partial charge is 0.870 e. The molecule has 0 aliphatic carbocycles. The first-order chi connectivity index (χ1) is 11.6. The lowest BCUT2D eigenvalue weighted by atomic mass is 10.1. The van der Waals surface area contributed by atoms with Crippen molar-refractivity contribution in [2.45, 2.75) is 123 Å². The molecule has 0 saturated heterocycles. The fraction of sp³-hybridized carbons (Fsp3) is 1.00. The number of hydrogen-bond acceptors (Lipinski definition) is 1. The molecule has 0 aromatic heterocycles. The smallest absolute Gasteiger partial charge is 0.0782 e. The Morgan fingerprint density at radius 2 is 0.640 bits per heavy atom. The summed E-state index contributed by atoms with van der Waals surface area (Å²) in [7, 11) is 4.86. The summed E-state index contributed by atoms with van der Waals surface area (Å²) in [4.78, 5) is 0. The quantitative estimate of drug-likeness (QED) is 0.173. The average molecular weight is 358 g/mol. The van der Waals surface area contributed by atoms with Gasteiger partial charge in [0.05, 0.1) is 27.2 Å². The van der Waals surface area contributed by atoms with Crippen molar-refractivity contribution in [3.63, 3.8) is 0 Å². The third kappa shape index (κ3) is 21.9. The summed E-state index contributed by atoms with van der Waals surface area (Å²) in [5.41, 5.74) is 0. The first-order valence-electron chi connectivity index (χ1n) is 11.4. The highest BCUT2D eigenvalue weighted by Gasteiger charge is 2.13. The van der Waals surface area contributed by atoms with E-state index in [0.717, 1.165) is 0 Å². The molecule has 154 valence electrons. The van der Waals surface area contributed by atoms with Crippen LogP contribution in [0.2, 0.25) is 0 Å². The second-order valence-electron chi connectivity index (χ2n) is 8.69. The summed E-state index contributed by atoms with van der Waals surface area (Å²) in [5.74, 6) is 0. The van der Waals surface area contributed by atoms with E-state index in [1.165, 1.54) is 127 Å². The maximum atomic E-state index is 2.43. The molecular formula is C23H51NO. The minimum Gasteiger partial charge on any atom is -0.870 e. The van der Waals surface area contributed by atoms with E-state index in [1.54, 1.807) is 0 Å². The molecule has 1 N–H and O–H groups in total. The lowest BCUT2D eigenvalue weighted by molar-refractivity contribution is -0.890. The molecule has 0 amide bonds. The van der Waals surface area contributed by atoms with Gasteiger partial charge in [-0.1, -0.05) is 97.3 Å². The Morgan fingerprint density at radius 3 is 0.920 bits per heavy atom. The summed E-state index contributed by atoms with van der Waals surface area (Å²) in [6, 6.07) is 0. The predicted molar refractivity (Wildman–Crippen MR) is 114 cm³/mol. The third-order valence-corrected chi connectivity index (χ3v) is 5.48. The Hall–Kier alpha value is -0.0800. The Kier molecular flexibility index (Phi) is 22.0. The van der Waals surface area contributed by atoms with Crippen LogP contribution in [0, 0.1) is 0 Å². The maximum absolute atomic E-state index is 2.43. The van der Waals surface area contributed by atoms with Crippen LogP contribution in [0.25, 0.3) is 0 Å². The second-order valence-corrected chi connectivity index (χ2v) is 8.69. The van der Waals surface area contributed by atoms with Gasteiger partial charge in [-0.25, -0.2) is 0 Å². The molecule has 0 aliphatic rings. The topological polar surface area (TPSA) is 30.0 Å².